The molecule has 1 N–H and O–H groups in total. The van der Waals surface area contributed by atoms with Crippen LogP contribution in [0.2, 0.25) is 0 Å². The van der Waals surface area contributed by atoms with Crippen molar-refractivity contribution in [1.29, 1.82) is 0 Å². The van der Waals surface area contributed by atoms with Crippen LogP contribution in [0.1, 0.15) is 5.56 Å². The molecule has 1 aromatic carbocycles. The van der Waals surface area contributed by atoms with Gasteiger partial charge in [-0.05, 0) is 5.56 Å². The van der Waals surface area contributed by atoms with Crippen molar-refractivity contribution in [2.75, 3.05) is 19.6 Å². The molecule has 0 spiro atoms. The zero-order valence-electron chi connectivity index (χ0n) is 10.4. The summed E-state index contributed by atoms with van der Waals surface area (Å²) in [6.07, 6.45) is -3.26. The van der Waals surface area contributed by atoms with Crippen LogP contribution in [0.15, 0.2) is 30.3 Å². The number of ether oxygens (including phenoxy) is 1. The molecule has 6 heteroatoms. The van der Waals surface area contributed by atoms with Gasteiger partial charge in [0.15, 0.2) is 0 Å². The van der Waals surface area contributed by atoms with Crippen LogP contribution >= 0.6 is 0 Å². The van der Waals surface area contributed by atoms with Gasteiger partial charge in [-0.25, -0.2) is 13.6 Å². The van der Waals surface area contributed by atoms with Crippen molar-refractivity contribution in [3.05, 3.63) is 35.9 Å². The number of carbonyl (C=O) groups excluding carboxylic acids is 1. The monoisotopic (exact) mass is 270 g/mol. The summed E-state index contributed by atoms with van der Waals surface area (Å²) in [6.45, 7) is 0.934. The number of hydrogen-bond acceptors (Lipinski definition) is 3. The molecule has 0 bridgehead atoms. The van der Waals surface area contributed by atoms with Crippen molar-refractivity contribution >= 4 is 6.09 Å². The zero-order valence-corrected chi connectivity index (χ0v) is 10.4. The van der Waals surface area contributed by atoms with Gasteiger partial charge in [0, 0.05) is 19.6 Å². The quantitative estimate of drug-likeness (QED) is 0.911. The Kier molecular flexibility index (Phi) is 4.68. The maximum Gasteiger partial charge on any atom is 0.410 e. The first-order valence-corrected chi connectivity index (χ1v) is 6.14. The van der Waals surface area contributed by atoms with E-state index in [9.17, 15) is 13.6 Å². The lowest BCUT2D eigenvalue weighted by Crippen LogP contribution is -2.56. The van der Waals surface area contributed by atoms with Gasteiger partial charge < -0.3 is 10.1 Å². The lowest BCUT2D eigenvalue weighted by Gasteiger charge is -2.34. The third-order valence-corrected chi connectivity index (χ3v) is 3.01. The van der Waals surface area contributed by atoms with E-state index >= 15 is 0 Å². The molecule has 104 valence electrons. The summed E-state index contributed by atoms with van der Waals surface area (Å²) < 4.78 is 30.7. The van der Waals surface area contributed by atoms with Crippen LogP contribution in [0.3, 0.4) is 0 Å². The molecule has 0 radical (unpaired) electrons. The smallest absolute Gasteiger partial charge is 0.410 e. The predicted molar refractivity (Wildman–Crippen MR) is 66.0 cm³/mol. The number of hydrogen-bond donors (Lipinski definition) is 1. The van der Waals surface area contributed by atoms with Crippen LogP contribution in [0.5, 0.6) is 0 Å². The molecule has 0 aliphatic carbocycles. The van der Waals surface area contributed by atoms with E-state index in [-0.39, 0.29) is 19.7 Å². The average molecular weight is 270 g/mol. The molecule has 1 heterocycles. The second-order valence-corrected chi connectivity index (χ2v) is 4.34. The summed E-state index contributed by atoms with van der Waals surface area (Å²) >= 11 is 0. The summed E-state index contributed by atoms with van der Waals surface area (Å²) in [5.41, 5.74) is 0.833. The molecule has 1 atom stereocenters. The van der Waals surface area contributed by atoms with Crippen LogP contribution in [0.4, 0.5) is 13.6 Å². The molecule has 19 heavy (non-hydrogen) atoms. The molecule has 4 nitrogen and oxygen atoms in total. The van der Waals surface area contributed by atoms with Gasteiger partial charge in [-0.2, -0.15) is 0 Å². The van der Waals surface area contributed by atoms with E-state index in [2.05, 4.69) is 5.32 Å². The van der Waals surface area contributed by atoms with E-state index in [1.807, 2.05) is 30.3 Å². The van der Waals surface area contributed by atoms with Gasteiger partial charge in [0.2, 0.25) is 0 Å². The molecule has 0 aromatic heterocycles. The highest BCUT2D eigenvalue weighted by Crippen LogP contribution is 2.14. The molecule has 1 amide bonds. The SMILES string of the molecule is O=C(OCc1ccccc1)N1CCNCC1C(F)F. The molecule has 1 fully saturated rings. The number of carbonyl (C=O) groups is 1. The molecular weight excluding hydrogens is 254 g/mol. The van der Waals surface area contributed by atoms with E-state index < -0.39 is 18.6 Å². The minimum Gasteiger partial charge on any atom is -0.445 e. The normalized spacial score (nSPS) is 19.5. The van der Waals surface area contributed by atoms with Gasteiger partial charge in [0.25, 0.3) is 6.43 Å². The van der Waals surface area contributed by atoms with E-state index in [4.69, 9.17) is 4.74 Å². The highest BCUT2D eigenvalue weighted by molar-refractivity contribution is 5.68. The van der Waals surface area contributed by atoms with Crippen molar-refractivity contribution in [1.82, 2.24) is 10.2 Å². The summed E-state index contributed by atoms with van der Waals surface area (Å²) in [4.78, 5) is 12.9. The van der Waals surface area contributed by atoms with Gasteiger partial charge in [-0.3, -0.25) is 4.90 Å². The Hall–Kier alpha value is -1.69. The van der Waals surface area contributed by atoms with Crippen LogP contribution in [0, 0.1) is 0 Å². The predicted octanol–water partition coefficient (Wildman–Crippen LogP) is 1.86. The van der Waals surface area contributed by atoms with Gasteiger partial charge in [0.05, 0.1) is 0 Å². The lowest BCUT2D eigenvalue weighted by molar-refractivity contribution is 0.00479. The molecule has 1 saturated heterocycles. The Morgan fingerprint density at radius 1 is 1.42 bits per heavy atom. The fourth-order valence-electron chi connectivity index (χ4n) is 1.98. The Labute approximate surface area is 110 Å². The standard InChI is InChI=1S/C13H16F2N2O2/c14-12(15)11-8-16-6-7-17(11)13(18)19-9-10-4-2-1-3-5-10/h1-5,11-12,16H,6-9H2. The topological polar surface area (TPSA) is 41.6 Å². The molecule has 1 aromatic rings. The molecular formula is C13H16F2N2O2. The van der Waals surface area contributed by atoms with E-state index in [1.165, 1.54) is 0 Å². The second-order valence-electron chi connectivity index (χ2n) is 4.34. The van der Waals surface area contributed by atoms with Crippen LogP contribution < -0.4 is 5.32 Å². The van der Waals surface area contributed by atoms with Crippen molar-refractivity contribution < 1.29 is 18.3 Å². The Morgan fingerprint density at radius 2 is 2.16 bits per heavy atom. The third-order valence-electron chi connectivity index (χ3n) is 3.01. The fourth-order valence-corrected chi connectivity index (χ4v) is 1.98. The minimum absolute atomic E-state index is 0.0953. The fraction of sp³-hybridized carbons (Fsp3) is 0.462. The first kappa shape index (κ1) is 13.7. The Balaban J connectivity index is 1.91. The lowest BCUT2D eigenvalue weighted by atomic mass is 10.2. The Bertz CT molecular complexity index is 414. The van der Waals surface area contributed by atoms with Gasteiger partial charge in [0.1, 0.15) is 12.6 Å². The number of halogens is 2. The number of nitrogens with zero attached hydrogens (tertiary/aromatic N) is 1. The summed E-state index contributed by atoms with van der Waals surface area (Å²) in [5.74, 6) is 0. The molecule has 2 rings (SSSR count). The second kappa shape index (κ2) is 6.47. The van der Waals surface area contributed by atoms with Crippen molar-refractivity contribution in [3.8, 4) is 0 Å². The van der Waals surface area contributed by atoms with Crippen molar-refractivity contribution in [2.45, 2.75) is 19.1 Å². The van der Waals surface area contributed by atoms with E-state index in [1.54, 1.807) is 0 Å². The maximum absolute atomic E-state index is 12.8. The van der Waals surface area contributed by atoms with Crippen LogP contribution in [-0.4, -0.2) is 43.1 Å². The maximum atomic E-state index is 12.8. The summed E-state index contributed by atoms with van der Waals surface area (Å²) in [7, 11) is 0. The highest BCUT2D eigenvalue weighted by atomic mass is 19.3. The van der Waals surface area contributed by atoms with Crippen LogP contribution in [-0.2, 0) is 11.3 Å². The first-order valence-electron chi connectivity index (χ1n) is 6.14. The number of piperazine rings is 1. The number of amides is 1. The van der Waals surface area contributed by atoms with Gasteiger partial charge >= 0.3 is 6.09 Å². The number of nitrogens with one attached hydrogen (secondary N) is 1. The molecule has 1 unspecified atom stereocenters. The van der Waals surface area contributed by atoms with Gasteiger partial charge in [-0.1, -0.05) is 30.3 Å². The number of alkyl halides is 2. The molecule has 1 aliphatic rings. The van der Waals surface area contributed by atoms with Crippen molar-refractivity contribution in [2.24, 2.45) is 0 Å². The van der Waals surface area contributed by atoms with E-state index in [0.29, 0.717) is 6.54 Å². The van der Waals surface area contributed by atoms with Gasteiger partial charge in [-0.15, -0.1) is 0 Å². The summed E-state index contributed by atoms with van der Waals surface area (Å²) in [6, 6.07) is 8.03. The number of benzene rings is 1. The summed E-state index contributed by atoms with van der Waals surface area (Å²) in [5, 5.41) is 2.85. The minimum atomic E-state index is -2.57. The molecule has 1 aliphatic heterocycles. The highest BCUT2D eigenvalue weighted by Gasteiger charge is 2.34. The van der Waals surface area contributed by atoms with Crippen LogP contribution in [0.25, 0.3) is 0 Å². The van der Waals surface area contributed by atoms with Crippen molar-refractivity contribution in [3.63, 3.8) is 0 Å². The number of rotatable bonds is 3. The molecule has 0 saturated carbocycles. The van der Waals surface area contributed by atoms with E-state index in [0.717, 1.165) is 10.5 Å². The zero-order chi connectivity index (χ0) is 13.7. The average Bonchev–Trinajstić information content (AvgIpc) is 2.46. The Morgan fingerprint density at radius 3 is 2.84 bits per heavy atom. The third kappa shape index (κ3) is 3.64. The first-order chi connectivity index (χ1) is 9.18. The largest absolute Gasteiger partial charge is 0.445 e.